The lowest BCUT2D eigenvalue weighted by Gasteiger charge is -2.16. The number of aromatic nitrogens is 2. The van der Waals surface area contributed by atoms with Gasteiger partial charge in [-0.2, -0.15) is 0 Å². The minimum absolute atomic E-state index is 0.389. The van der Waals surface area contributed by atoms with Crippen molar-refractivity contribution in [3.8, 4) is 0 Å². The Bertz CT molecular complexity index is 313. The molecule has 1 aromatic rings. The Labute approximate surface area is 89.5 Å². The lowest BCUT2D eigenvalue weighted by molar-refractivity contribution is 0.548. The van der Waals surface area contributed by atoms with Gasteiger partial charge in [-0.05, 0) is 38.4 Å². The van der Waals surface area contributed by atoms with Gasteiger partial charge in [0.25, 0.3) is 0 Å². The Balaban J connectivity index is 2.32. The smallest absolute Gasteiger partial charge is 0.203 e. The van der Waals surface area contributed by atoms with Crippen molar-refractivity contribution < 1.29 is 0 Å². The highest BCUT2D eigenvalue weighted by Gasteiger charge is 2.22. The normalized spacial score (nSPS) is 22.1. The van der Waals surface area contributed by atoms with Crippen LogP contribution >= 0.6 is 11.6 Å². The molecule has 0 saturated carbocycles. The molecule has 1 aliphatic rings. The quantitative estimate of drug-likeness (QED) is 0.817. The minimum Gasteiger partial charge on any atom is -0.316 e. The van der Waals surface area contributed by atoms with Gasteiger partial charge in [-0.3, -0.25) is 0 Å². The van der Waals surface area contributed by atoms with Crippen LogP contribution in [0.15, 0.2) is 6.20 Å². The van der Waals surface area contributed by atoms with Crippen LogP contribution < -0.4 is 5.32 Å². The summed E-state index contributed by atoms with van der Waals surface area (Å²) in [7, 11) is 0. The highest BCUT2D eigenvalue weighted by atomic mass is 35.5. The standard InChI is InChI=1S/C10H16ClN3/c1-7(2)14-9(6-13-10(14)11)8-3-4-12-5-8/h6-8,12H,3-5H2,1-2H3. The summed E-state index contributed by atoms with van der Waals surface area (Å²) in [5, 5.41) is 3.97. The lowest BCUT2D eigenvalue weighted by atomic mass is 10.1. The van der Waals surface area contributed by atoms with E-state index in [1.54, 1.807) is 0 Å². The maximum Gasteiger partial charge on any atom is 0.203 e. The number of hydrogen-bond donors (Lipinski definition) is 1. The third-order valence-electron chi connectivity index (χ3n) is 2.78. The largest absolute Gasteiger partial charge is 0.316 e. The Morgan fingerprint density at radius 2 is 2.43 bits per heavy atom. The van der Waals surface area contributed by atoms with Crippen molar-refractivity contribution in [3.05, 3.63) is 17.2 Å². The molecule has 1 fully saturated rings. The number of nitrogens with zero attached hydrogens (tertiary/aromatic N) is 2. The first-order valence-corrected chi connectivity index (χ1v) is 5.51. The van der Waals surface area contributed by atoms with Gasteiger partial charge >= 0.3 is 0 Å². The molecule has 4 heteroatoms. The molecule has 1 unspecified atom stereocenters. The third kappa shape index (κ3) is 1.66. The van der Waals surface area contributed by atoms with Crippen molar-refractivity contribution in [1.29, 1.82) is 0 Å². The fraction of sp³-hybridized carbons (Fsp3) is 0.700. The van der Waals surface area contributed by atoms with E-state index in [1.165, 1.54) is 12.1 Å². The second kappa shape index (κ2) is 3.91. The lowest BCUT2D eigenvalue weighted by Crippen LogP contribution is -2.13. The van der Waals surface area contributed by atoms with Crippen molar-refractivity contribution in [1.82, 2.24) is 14.9 Å². The van der Waals surface area contributed by atoms with E-state index in [1.807, 2.05) is 6.20 Å². The molecule has 2 heterocycles. The summed E-state index contributed by atoms with van der Waals surface area (Å²) in [5.41, 5.74) is 1.27. The molecule has 1 aliphatic heterocycles. The molecule has 0 aromatic carbocycles. The molecular weight excluding hydrogens is 198 g/mol. The maximum absolute atomic E-state index is 6.05. The number of halogens is 1. The minimum atomic E-state index is 0.389. The van der Waals surface area contributed by atoms with Gasteiger partial charge in [-0.15, -0.1) is 0 Å². The van der Waals surface area contributed by atoms with Crippen LogP contribution in [0.4, 0.5) is 0 Å². The van der Waals surface area contributed by atoms with E-state index in [-0.39, 0.29) is 0 Å². The Morgan fingerprint density at radius 1 is 1.64 bits per heavy atom. The molecule has 1 saturated heterocycles. The zero-order chi connectivity index (χ0) is 10.1. The summed E-state index contributed by atoms with van der Waals surface area (Å²) < 4.78 is 2.12. The predicted molar refractivity (Wildman–Crippen MR) is 57.8 cm³/mol. The fourth-order valence-corrected chi connectivity index (χ4v) is 2.41. The van der Waals surface area contributed by atoms with Crippen LogP contribution in [0.2, 0.25) is 5.28 Å². The van der Waals surface area contributed by atoms with Crippen molar-refractivity contribution in [2.75, 3.05) is 13.1 Å². The molecular formula is C10H16ClN3. The van der Waals surface area contributed by atoms with Crippen LogP contribution in [0.5, 0.6) is 0 Å². The summed E-state index contributed by atoms with van der Waals surface area (Å²) in [6.45, 7) is 6.43. The van der Waals surface area contributed by atoms with Gasteiger partial charge in [-0.1, -0.05) is 0 Å². The van der Waals surface area contributed by atoms with Crippen molar-refractivity contribution in [3.63, 3.8) is 0 Å². The van der Waals surface area contributed by atoms with Crippen molar-refractivity contribution in [2.45, 2.75) is 32.2 Å². The van der Waals surface area contributed by atoms with Gasteiger partial charge in [0.15, 0.2) is 0 Å². The van der Waals surface area contributed by atoms with Crippen LogP contribution in [0.1, 0.15) is 37.9 Å². The molecule has 1 atom stereocenters. The van der Waals surface area contributed by atoms with Crippen LogP contribution in [-0.2, 0) is 0 Å². The highest BCUT2D eigenvalue weighted by Crippen LogP contribution is 2.27. The topological polar surface area (TPSA) is 29.9 Å². The molecule has 0 radical (unpaired) electrons. The Hall–Kier alpha value is -0.540. The molecule has 0 bridgehead atoms. The Kier molecular flexibility index (Phi) is 2.79. The van der Waals surface area contributed by atoms with Gasteiger partial charge < -0.3 is 9.88 Å². The molecule has 1 N–H and O–H groups in total. The molecule has 1 aromatic heterocycles. The number of nitrogens with one attached hydrogen (secondary N) is 1. The molecule has 0 aliphatic carbocycles. The highest BCUT2D eigenvalue weighted by molar-refractivity contribution is 6.28. The monoisotopic (exact) mass is 213 g/mol. The van der Waals surface area contributed by atoms with Gasteiger partial charge in [-0.25, -0.2) is 4.98 Å². The first-order valence-electron chi connectivity index (χ1n) is 5.13. The SMILES string of the molecule is CC(C)n1c(C2CCNC2)cnc1Cl. The zero-order valence-corrected chi connectivity index (χ0v) is 9.38. The number of rotatable bonds is 2. The van der Waals surface area contributed by atoms with E-state index in [0.29, 0.717) is 17.2 Å². The van der Waals surface area contributed by atoms with Crippen LogP contribution in [0.25, 0.3) is 0 Å². The zero-order valence-electron chi connectivity index (χ0n) is 8.63. The summed E-state index contributed by atoms with van der Waals surface area (Å²) in [6.07, 6.45) is 3.11. The van der Waals surface area contributed by atoms with Gasteiger partial charge in [0.1, 0.15) is 0 Å². The van der Waals surface area contributed by atoms with Crippen molar-refractivity contribution >= 4 is 11.6 Å². The van der Waals surface area contributed by atoms with Gasteiger partial charge in [0.05, 0.1) is 6.20 Å². The second-order valence-electron chi connectivity index (χ2n) is 4.11. The second-order valence-corrected chi connectivity index (χ2v) is 4.44. The molecule has 14 heavy (non-hydrogen) atoms. The summed E-state index contributed by atoms with van der Waals surface area (Å²) in [4.78, 5) is 4.18. The average molecular weight is 214 g/mol. The van der Waals surface area contributed by atoms with E-state index in [9.17, 15) is 0 Å². The van der Waals surface area contributed by atoms with E-state index in [0.717, 1.165) is 13.1 Å². The Morgan fingerprint density at radius 3 is 3.00 bits per heavy atom. The van der Waals surface area contributed by atoms with Gasteiger partial charge in [0, 0.05) is 24.2 Å². The van der Waals surface area contributed by atoms with Crippen LogP contribution in [0, 0.1) is 0 Å². The maximum atomic E-state index is 6.05. The van der Waals surface area contributed by atoms with E-state index in [2.05, 4.69) is 28.7 Å². The fourth-order valence-electron chi connectivity index (χ4n) is 2.07. The molecule has 0 spiro atoms. The molecule has 0 amide bonds. The van der Waals surface area contributed by atoms with Gasteiger partial charge in [0.2, 0.25) is 5.28 Å². The van der Waals surface area contributed by atoms with E-state index >= 15 is 0 Å². The van der Waals surface area contributed by atoms with E-state index in [4.69, 9.17) is 11.6 Å². The predicted octanol–water partition coefficient (Wildman–Crippen LogP) is 2.19. The van der Waals surface area contributed by atoms with Crippen molar-refractivity contribution in [2.24, 2.45) is 0 Å². The first kappa shape index (κ1) is 9.99. The summed E-state index contributed by atoms with van der Waals surface area (Å²) >= 11 is 6.05. The first-order chi connectivity index (χ1) is 6.70. The summed E-state index contributed by atoms with van der Waals surface area (Å²) in [5.74, 6) is 0.581. The third-order valence-corrected chi connectivity index (χ3v) is 3.05. The number of hydrogen-bond acceptors (Lipinski definition) is 2. The molecule has 3 nitrogen and oxygen atoms in total. The average Bonchev–Trinajstić information content (AvgIpc) is 2.70. The van der Waals surface area contributed by atoms with Crippen LogP contribution in [0.3, 0.4) is 0 Å². The molecule has 2 rings (SSSR count). The number of imidazole rings is 1. The molecule has 78 valence electrons. The summed E-state index contributed by atoms with van der Waals surface area (Å²) in [6, 6.07) is 0.389. The van der Waals surface area contributed by atoms with Crippen LogP contribution in [-0.4, -0.2) is 22.6 Å². The van der Waals surface area contributed by atoms with E-state index < -0.39 is 0 Å².